The van der Waals surface area contributed by atoms with Gasteiger partial charge in [-0.3, -0.25) is 4.57 Å². The third-order valence-electron chi connectivity index (χ3n) is 9.34. The topological polar surface area (TPSA) is 32.0 Å². The van der Waals surface area contributed by atoms with Crippen LogP contribution in [0.1, 0.15) is 52.7 Å². The Labute approximate surface area is 275 Å². The Morgan fingerprint density at radius 1 is 0.468 bits per heavy atom. The van der Waals surface area contributed by atoms with Gasteiger partial charge in [0.2, 0.25) is 0 Å². The zero-order valence-corrected chi connectivity index (χ0v) is 27.9. The Hall–Kier alpha value is -5.35. The molecule has 0 amide bonds. The normalized spacial score (nSPS) is 12.5. The van der Waals surface area contributed by atoms with Crippen molar-refractivity contribution in [2.45, 2.75) is 52.4 Å². The van der Waals surface area contributed by atoms with E-state index in [0.29, 0.717) is 0 Å². The zero-order chi connectivity index (χ0) is 32.5. The third kappa shape index (κ3) is 4.96. The molecule has 8 rings (SSSR count). The van der Waals surface area contributed by atoms with Gasteiger partial charge in [0.15, 0.2) is 0 Å². The first kappa shape index (κ1) is 29.1. The highest BCUT2D eigenvalue weighted by atomic mass is 16.5. The van der Waals surface area contributed by atoms with E-state index in [1.165, 1.54) is 38.2 Å². The number of rotatable bonds is 4. The minimum atomic E-state index is 0.0138. The Morgan fingerprint density at radius 2 is 1.00 bits per heavy atom. The van der Waals surface area contributed by atoms with Crippen molar-refractivity contribution in [3.63, 3.8) is 0 Å². The van der Waals surface area contributed by atoms with Crippen molar-refractivity contribution in [2.75, 3.05) is 0 Å². The van der Waals surface area contributed by atoms with Gasteiger partial charge in [-0.2, -0.15) is 0 Å². The number of fused-ring (bicyclic) bond motifs is 6. The summed E-state index contributed by atoms with van der Waals surface area (Å²) in [7, 11) is 0. The molecule has 0 bridgehead atoms. The molecular formula is C43H39N3O. The van der Waals surface area contributed by atoms with E-state index in [0.717, 1.165) is 39.6 Å². The molecule has 47 heavy (non-hydrogen) atoms. The van der Waals surface area contributed by atoms with Crippen LogP contribution in [0.2, 0.25) is 0 Å². The van der Waals surface area contributed by atoms with Crippen LogP contribution in [0.25, 0.3) is 55.1 Å². The SMILES string of the molecule is CC(C)(C)c1cccc(-n2c3ccccc3c3ccc(Oc4ccc5c6ccccc6n(-c6cc(C(C)(C)C)ccn6)c5c4)cc32)c1. The van der Waals surface area contributed by atoms with Crippen molar-refractivity contribution < 1.29 is 4.74 Å². The minimum absolute atomic E-state index is 0.0138. The summed E-state index contributed by atoms with van der Waals surface area (Å²) in [5, 5.41) is 4.80. The average Bonchev–Trinajstić information content (AvgIpc) is 3.56. The predicted molar refractivity (Wildman–Crippen MR) is 197 cm³/mol. The van der Waals surface area contributed by atoms with Gasteiger partial charge < -0.3 is 9.30 Å². The number of ether oxygens (including phenoxy) is 1. The second kappa shape index (κ2) is 10.6. The summed E-state index contributed by atoms with van der Waals surface area (Å²) in [5.74, 6) is 2.48. The molecule has 4 nitrogen and oxygen atoms in total. The highest BCUT2D eigenvalue weighted by Crippen LogP contribution is 2.38. The van der Waals surface area contributed by atoms with E-state index >= 15 is 0 Å². The fraction of sp³-hybridized carbons (Fsp3) is 0.186. The van der Waals surface area contributed by atoms with Gasteiger partial charge in [0.1, 0.15) is 17.3 Å². The largest absolute Gasteiger partial charge is 0.457 e. The maximum absolute atomic E-state index is 6.68. The number of para-hydroxylation sites is 2. The molecule has 3 aromatic heterocycles. The summed E-state index contributed by atoms with van der Waals surface area (Å²) < 4.78 is 11.3. The first-order chi connectivity index (χ1) is 22.6. The molecule has 0 saturated heterocycles. The third-order valence-corrected chi connectivity index (χ3v) is 9.34. The smallest absolute Gasteiger partial charge is 0.137 e. The van der Waals surface area contributed by atoms with Crippen molar-refractivity contribution in [3.05, 3.63) is 139 Å². The first-order valence-electron chi connectivity index (χ1n) is 16.4. The molecule has 0 radical (unpaired) electrons. The lowest BCUT2D eigenvalue weighted by atomic mass is 9.87. The average molecular weight is 614 g/mol. The van der Waals surface area contributed by atoms with E-state index < -0.39 is 0 Å². The first-order valence-corrected chi connectivity index (χ1v) is 16.4. The highest BCUT2D eigenvalue weighted by Gasteiger charge is 2.20. The number of hydrogen-bond donors (Lipinski definition) is 0. The van der Waals surface area contributed by atoms with Crippen molar-refractivity contribution in [1.29, 1.82) is 0 Å². The molecule has 0 aliphatic rings. The molecule has 4 heteroatoms. The molecule has 0 aliphatic heterocycles. The minimum Gasteiger partial charge on any atom is -0.457 e. The summed E-state index contributed by atoms with van der Waals surface area (Å²) in [6, 6.07) is 43.2. The van der Waals surface area contributed by atoms with E-state index in [1.54, 1.807) is 0 Å². The summed E-state index contributed by atoms with van der Waals surface area (Å²) in [6.07, 6.45) is 1.92. The van der Waals surface area contributed by atoms with E-state index in [4.69, 9.17) is 9.72 Å². The van der Waals surface area contributed by atoms with Crippen LogP contribution in [0.5, 0.6) is 11.5 Å². The van der Waals surface area contributed by atoms with Crippen LogP contribution >= 0.6 is 0 Å². The van der Waals surface area contributed by atoms with Crippen LogP contribution in [0.4, 0.5) is 0 Å². The van der Waals surface area contributed by atoms with Gasteiger partial charge >= 0.3 is 0 Å². The van der Waals surface area contributed by atoms with Crippen LogP contribution in [-0.4, -0.2) is 14.1 Å². The standard InChI is InChI=1S/C43H39N3O/c1-42(2,3)28-12-11-13-30(24-28)45-37-16-9-7-14-33(37)35-20-18-31(26-39(35)45)47-32-19-21-36-34-15-8-10-17-38(34)46(40(36)27-32)41-25-29(22-23-44-41)43(4,5)6/h7-27H,1-6H3. The van der Waals surface area contributed by atoms with Gasteiger partial charge in [-0.05, 0) is 82.6 Å². The maximum Gasteiger partial charge on any atom is 0.137 e. The van der Waals surface area contributed by atoms with E-state index in [1.807, 2.05) is 6.20 Å². The van der Waals surface area contributed by atoms with E-state index in [9.17, 15) is 0 Å². The fourth-order valence-electron chi connectivity index (χ4n) is 6.81. The molecular weight excluding hydrogens is 574 g/mol. The second-order valence-electron chi connectivity index (χ2n) is 14.6. The van der Waals surface area contributed by atoms with E-state index in [2.05, 4.69) is 172 Å². The molecule has 0 N–H and O–H groups in total. The molecule has 0 aliphatic carbocycles. The van der Waals surface area contributed by atoms with Crippen LogP contribution in [0.3, 0.4) is 0 Å². The molecule has 0 atom stereocenters. The molecule has 0 spiro atoms. The van der Waals surface area contributed by atoms with Crippen molar-refractivity contribution >= 4 is 43.6 Å². The Bertz CT molecular complexity index is 2290. The monoisotopic (exact) mass is 613 g/mol. The molecule has 0 saturated carbocycles. The number of benzene rings is 5. The molecule has 8 aromatic rings. The molecule has 3 heterocycles. The van der Waals surface area contributed by atoms with Gasteiger partial charge in [0.25, 0.3) is 0 Å². The number of hydrogen-bond acceptors (Lipinski definition) is 2. The fourth-order valence-corrected chi connectivity index (χ4v) is 6.81. The second-order valence-corrected chi connectivity index (χ2v) is 14.6. The van der Waals surface area contributed by atoms with Gasteiger partial charge in [-0.1, -0.05) is 90.1 Å². The van der Waals surface area contributed by atoms with Crippen molar-refractivity contribution in [2.24, 2.45) is 0 Å². The molecule has 0 fully saturated rings. The van der Waals surface area contributed by atoms with E-state index in [-0.39, 0.29) is 10.8 Å². The lowest BCUT2D eigenvalue weighted by Crippen LogP contribution is -2.12. The summed E-state index contributed by atoms with van der Waals surface area (Å²) in [6.45, 7) is 13.5. The molecule has 0 unspecified atom stereocenters. The Kier molecular flexibility index (Phi) is 6.56. The zero-order valence-electron chi connectivity index (χ0n) is 27.9. The predicted octanol–water partition coefficient (Wildman–Crippen LogP) is 11.7. The highest BCUT2D eigenvalue weighted by molar-refractivity contribution is 6.10. The summed E-state index contributed by atoms with van der Waals surface area (Å²) in [5.41, 5.74) is 8.26. The van der Waals surface area contributed by atoms with Crippen molar-refractivity contribution in [1.82, 2.24) is 14.1 Å². The Morgan fingerprint density at radius 3 is 1.62 bits per heavy atom. The van der Waals surface area contributed by atoms with Crippen molar-refractivity contribution in [3.8, 4) is 23.0 Å². The maximum atomic E-state index is 6.68. The van der Waals surface area contributed by atoms with Gasteiger partial charge in [0.05, 0.1) is 22.1 Å². The lowest BCUT2D eigenvalue weighted by molar-refractivity contribution is 0.484. The number of aromatic nitrogens is 3. The summed E-state index contributed by atoms with van der Waals surface area (Å²) in [4.78, 5) is 4.84. The van der Waals surface area contributed by atoms with Gasteiger partial charge in [-0.25, -0.2) is 4.98 Å². The van der Waals surface area contributed by atoms with Crippen LogP contribution in [0, 0.1) is 0 Å². The molecule has 5 aromatic carbocycles. The number of nitrogens with zero attached hydrogens (tertiary/aromatic N) is 3. The van der Waals surface area contributed by atoms with Crippen LogP contribution in [-0.2, 0) is 10.8 Å². The molecule has 232 valence electrons. The van der Waals surface area contributed by atoms with Crippen LogP contribution in [0.15, 0.2) is 128 Å². The summed E-state index contributed by atoms with van der Waals surface area (Å²) >= 11 is 0. The van der Waals surface area contributed by atoms with Gasteiger partial charge in [0, 0.05) is 45.6 Å². The number of pyridine rings is 1. The lowest BCUT2D eigenvalue weighted by Gasteiger charge is -2.20. The quantitative estimate of drug-likeness (QED) is 0.198. The van der Waals surface area contributed by atoms with Crippen LogP contribution < -0.4 is 4.74 Å². The van der Waals surface area contributed by atoms with Gasteiger partial charge in [-0.15, -0.1) is 0 Å². The Balaban J connectivity index is 1.27.